The van der Waals surface area contributed by atoms with Gasteiger partial charge < -0.3 is 4.74 Å². The van der Waals surface area contributed by atoms with Crippen LogP contribution >= 0.6 is 11.6 Å². The highest BCUT2D eigenvalue weighted by Gasteiger charge is 2.16. The number of pyridine rings is 2. The third-order valence-corrected chi connectivity index (χ3v) is 4.38. The molecule has 0 fully saturated rings. The van der Waals surface area contributed by atoms with Crippen molar-refractivity contribution in [2.45, 2.75) is 6.54 Å². The largest absolute Gasteiger partial charge is 0.497 e. The Bertz CT molecular complexity index is 1120. The second-order valence-electron chi connectivity index (χ2n) is 5.74. The van der Waals surface area contributed by atoms with Gasteiger partial charge in [0.15, 0.2) is 5.65 Å². The van der Waals surface area contributed by atoms with Crippen LogP contribution in [0.25, 0.3) is 16.9 Å². The molecule has 0 unspecified atom stereocenters. The first-order valence-corrected chi connectivity index (χ1v) is 8.36. The number of benzene rings is 1. The van der Waals surface area contributed by atoms with E-state index >= 15 is 0 Å². The summed E-state index contributed by atoms with van der Waals surface area (Å²) >= 11 is 5.87. The molecule has 0 saturated carbocycles. The molecule has 0 radical (unpaired) electrons. The van der Waals surface area contributed by atoms with Crippen molar-refractivity contribution in [1.29, 1.82) is 0 Å². The minimum atomic E-state index is -0.182. The number of aromatic nitrogens is 4. The smallest absolute Gasteiger partial charge is 0.335 e. The first kappa shape index (κ1) is 16.4. The highest BCUT2D eigenvalue weighted by atomic mass is 35.5. The maximum atomic E-state index is 13.1. The highest BCUT2D eigenvalue weighted by Crippen LogP contribution is 2.18. The molecule has 1 aromatic carbocycles. The Hall–Kier alpha value is -3.12. The number of ether oxygens (including phenoxy) is 1. The van der Waals surface area contributed by atoms with E-state index in [9.17, 15) is 4.79 Å². The third kappa shape index (κ3) is 2.84. The molecule has 0 aliphatic rings. The van der Waals surface area contributed by atoms with Crippen molar-refractivity contribution in [2.75, 3.05) is 7.11 Å². The Balaban J connectivity index is 1.86. The van der Waals surface area contributed by atoms with E-state index in [-0.39, 0.29) is 5.69 Å². The normalized spacial score (nSPS) is 11.0. The summed E-state index contributed by atoms with van der Waals surface area (Å²) in [5.41, 5.74) is 2.77. The number of hydrogen-bond acceptors (Lipinski definition) is 4. The topological polar surface area (TPSA) is 61.9 Å². The summed E-state index contributed by atoms with van der Waals surface area (Å²) in [6.45, 7) is 0.407. The van der Waals surface area contributed by atoms with Gasteiger partial charge >= 0.3 is 5.69 Å². The molecule has 0 spiro atoms. The molecule has 0 aliphatic carbocycles. The number of methoxy groups -OCH3 is 1. The van der Waals surface area contributed by atoms with Crippen molar-refractivity contribution in [1.82, 2.24) is 19.1 Å². The monoisotopic (exact) mass is 366 g/mol. The van der Waals surface area contributed by atoms with Crippen molar-refractivity contribution in [3.8, 4) is 11.4 Å². The van der Waals surface area contributed by atoms with Gasteiger partial charge in [-0.1, -0.05) is 23.7 Å². The highest BCUT2D eigenvalue weighted by molar-refractivity contribution is 6.29. The number of imidazole rings is 1. The minimum Gasteiger partial charge on any atom is -0.497 e. The Kier molecular flexibility index (Phi) is 4.18. The van der Waals surface area contributed by atoms with Crippen LogP contribution < -0.4 is 10.4 Å². The van der Waals surface area contributed by atoms with Gasteiger partial charge in [0.05, 0.1) is 31.1 Å². The lowest BCUT2D eigenvalue weighted by atomic mass is 10.2. The predicted octanol–water partition coefficient (Wildman–Crippen LogP) is 3.29. The molecule has 4 aromatic rings. The molecule has 26 heavy (non-hydrogen) atoms. The molecular weight excluding hydrogens is 352 g/mol. The van der Waals surface area contributed by atoms with Crippen molar-refractivity contribution >= 4 is 22.8 Å². The molecule has 0 bridgehead atoms. The summed E-state index contributed by atoms with van der Waals surface area (Å²) in [4.78, 5) is 21.6. The molecule has 6 nitrogen and oxygen atoms in total. The van der Waals surface area contributed by atoms with Crippen LogP contribution in [0.15, 0.2) is 65.7 Å². The van der Waals surface area contributed by atoms with Gasteiger partial charge in [-0.2, -0.15) is 0 Å². The van der Waals surface area contributed by atoms with Crippen molar-refractivity contribution in [3.05, 3.63) is 82.1 Å². The lowest BCUT2D eigenvalue weighted by Crippen LogP contribution is -2.24. The van der Waals surface area contributed by atoms with E-state index in [1.807, 2.05) is 30.3 Å². The second kappa shape index (κ2) is 6.65. The molecule has 0 N–H and O–H groups in total. The molecule has 0 saturated heterocycles. The Morgan fingerprint density at radius 1 is 1.08 bits per heavy atom. The van der Waals surface area contributed by atoms with Crippen LogP contribution in [0.3, 0.4) is 0 Å². The van der Waals surface area contributed by atoms with Crippen LogP contribution in [0.2, 0.25) is 5.15 Å². The zero-order chi connectivity index (χ0) is 18.1. The van der Waals surface area contributed by atoms with E-state index < -0.39 is 0 Å². The molecule has 3 heterocycles. The summed E-state index contributed by atoms with van der Waals surface area (Å²) in [5.74, 6) is 0.772. The molecular formula is C19H15ClN4O2. The fourth-order valence-electron chi connectivity index (χ4n) is 2.89. The van der Waals surface area contributed by atoms with E-state index in [1.54, 1.807) is 46.8 Å². The van der Waals surface area contributed by atoms with Gasteiger partial charge in [-0.05, 0) is 42.0 Å². The van der Waals surface area contributed by atoms with Crippen LogP contribution in [0, 0.1) is 0 Å². The summed E-state index contributed by atoms with van der Waals surface area (Å²) in [5, 5.41) is 0.377. The van der Waals surface area contributed by atoms with Gasteiger partial charge in [0.25, 0.3) is 0 Å². The van der Waals surface area contributed by atoms with E-state index in [0.717, 1.165) is 16.8 Å². The zero-order valence-electron chi connectivity index (χ0n) is 14.0. The second-order valence-corrected chi connectivity index (χ2v) is 6.12. The van der Waals surface area contributed by atoms with Crippen molar-refractivity contribution in [2.24, 2.45) is 0 Å². The fraction of sp³-hybridized carbons (Fsp3) is 0.105. The van der Waals surface area contributed by atoms with Gasteiger partial charge in [-0.25, -0.2) is 14.8 Å². The van der Waals surface area contributed by atoms with E-state index in [4.69, 9.17) is 16.3 Å². The van der Waals surface area contributed by atoms with E-state index in [0.29, 0.717) is 23.0 Å². The average molecular weight is 367 g/mol. The van der Waals surface area contributed by atoms with E-state index in [1.165, 1.54) is 0 Å². The molecule has 7 heteroatoms. The number of nitrogens with zero attached hydrogens (tertiary/aromatic N) is 4. The number of rotatable bonds is 4. The number of fused-ring (bicyclic) bond motifs is 1. The lowest BCUT2D eigenvalue weighted by molar-refractivity contribution is 0.414. The Morgan fingerprint density at radius 2 is 1.88 bits per heavy atom. The molecule has 130 valence electrons. The van der Waals surface area contributed by atoms with Crippen LogP contribution in [-0.2, 0) is 6.54 Å². The van der Waals surface area contributed by atoms with Crippen LogP contribution in [0.5, 0.6) is 5.75 Å². The van der Waals surface area contributed by atoms with Crippen molar-refractivity contribution in [3.63, 3.8) is 0 Å². The quantitative estimate of drug-likeness (QED) is 0.520. The van der Waals surface area contributed by atoms with Gasteiger partial charge in [0, 0.05) is 6.20 Å². The van der Waals surface area contributed by atoms with Gasteiger partial charge in [0.1, 0.15) is 10.9 Å². The molecule has 4 rings (SSSR count). The first-order chi connectivity index (χ1) is 12.7. The van der Waals surface area contributed by atoms with Gasteiger partial charge in [0.2, 0.25) is 0 Å². The number of hydrogen-bond donors (Lipinski definition) is 0. The summed E-state index contributed by atoms with van der Waals surface area (Å²) in [7, 11) is 1.62. The standard InChI is InChI=1S/C19H15ClN4O2/c1-26-15-7-4-13(5-8-15)12-23-18-16(3-2-10-21-18)24(19(23)25)14-6-9-17(20)22-11-14/h2-11H,12H2,1H3. The SMILES string of the molecule is COc1ccc(Cn2c(=O)n(-c3ccc(Cl)nc3)c3cccnc32)cc1. The maximum Gasteiger partial charge on any atom is 0.335 e. The Morgan fingerprint density at radius 3 is 2.58 bits per heavy atom. The number of halogens is 1. The molecule has 3 aromatic heterocycles. The summed E-state index contributed by atoms with van der Waals surface area (Å²) < 4.78 is 8.42. The summed E-state index contributed by atoms with van der Waals surface area (Å²) in [6, 6.07) is 14.7. The van der Waals surface area contributed by atoms with Gasteiger partial charge in [-0.3, -0.25) is 9.13 Å². The van der Waals surface area contributed by atoms with E-state index in [2.05, 4.69) is 9.97 Å². The lowest BCUT2D eigenvalue weighted by Gasteiger charge is -2.05. The van der Waals surface area contributed by atoms with Crippen molar-refractivity contribution < 1.29 is 4.74 Å². The average Bonchev–Trinajstić information content (AvgIpc) is 2.95. The minimum absolute atomic E-state index is 0.182. The van der Waals surface area contributed by atoms with Crippen LogP contribution in [0.1, 0.15) is 5.56 Å². The molecule has 0 atom stereocenters. The fourth-order valence-corrected chi connectivity index (χ4v) is 3.00. The zero-order valence-corrected chi connectivity index (χ0v) is 14.7. The Labute approximate surface area is 154 Å². The summed E-state index contributed by atoms with van der Waals surface area (Å²) in [6.07, 6.45) is 3.25. The van der Waals surface area contributed by atoms with Crippen LogP contribution in [0.4, 0.5) is 0 Å². The maximum absolute atomic E-state index is 13.1. The predicted molar refractivity (Wildman–Crippen MR) is 100 cm³/mol. The molecule has 0 aliphatic heterocycles. The van der Waals surface area contributed by atoms with Gasteiger partial charge in [-0.15, -0.1) is 0 Å². The van der Waals surface area contributed by atoms with Crippen LogP contribution in [-0.4, -0.2) is 26.2 Å². The molecule has 0 amide bonds. The first-order valence-electron chi connectivity index (χ1n) is 7.98. The third-order valence-electron chi connectivity index (χ3n) is 4.15.